The van der Waals surface area contributed by atoms with Gasteiger partial charge in [0.2, 0.25) is 5.91 Å². The predicted molar refractivity (Wildman–Crippen MR) is 121 cm³/mol. The average Bonchev–Trinajstić information content (AvgIpc) is 3.16. The third kappa shape index (κ3) is 4.88. The fourth-order valence-electron chi connectivity index (χ4n) is 3.33. The summed E-state index contributed by atoms with van der Waals surface area (Å²) in [7, 11) is 0. The zero-order chi connectivity index (χ0) is 21.8. The van der Waals surface area contributed by atoms with E-state index >= 15 is 0 Å². The Balaban J connectivity index is 1.44. The van der Waals surface area contributed by atoms with Gasteiger partial charge in [0, 0.05) is 5.69 Å². The van der Waals surface area contributed by atoms with Crippen LogP contribution in [0.5, 0.6) is 5.75 Å². The summed E-state index contributed by atoms with van der Waals surface area (Å²) in [5.41, 5.74) is 2.65. The number of carbonyl (C=O) groups is 2. The van der Waals surface area contributed by atoms with Crippen LogP contribution in [-0.4, -0.2) is 24.2 Å². The lowest BCUT2D eigenvalue weighted by atomic mass is 10.1. The first-order chi connectivity index (χ1) is 15.0. The minimum atomic E-state index is -0.422. The van der Waals surface area contributed by atoms with Gasteiger partial charge >= 0.3 is 0 Å². The molecule has 0 unspecified atom stereocenters. The van der Waals surface area contributed by atoms with E-state index in [1.807, 2.05) is 37.3 Å². The summed E-state index contributed by atoms with van der Waals surface area (Å²) in [5.74, 6) is 0.0847. The fourth-order valence-corrected chi connectivity index (χ4v) is 4.50. The number of halogens is 1. The number of ether oxygens (including phenoxy) is 1. The van der Waals surface area contributed by atoms with Crippen molar-refractivity contribution in [1.29, 1.82) is 0 Å². The molecule has 0 saturated carbocycles. The maximum absolute atomic E-state index is 14.4. The van der Waals surface area contributed by atoms with Crippen LogP contribution in [0.1, 0.15) is 16.5 Å². The molecule has 1 aliphatic rings. The van der Waals surface area contributed by atoms with Gasteiger partial charge in [-0.05, 0) is 54.4 Å². The Morgan fingerprint density at radius 1 is 1.13 bits per heavy atom. The van der Waals surface area contributed by atoms with Crippen LogP contribution < -0.4 is 15.0 Å². The second kappa shape index (κ2) is 9.22. The maximum Gasteiger partial charge on any atom is 0.262 e. The van der Waals surface area contributed by atoms with E-state index in [4.69, 9.17) is 4.74 Å². The Morgan fingerprint density at radius 2 is 1.87 bits per heavy atom. The molecule has 0 bridgehead atoms. The first-order valence-electron chi connectivity index (χ1n) is 9.79. The van der Waals surface area contributed by atoms with Gasteiger partial charge in [0.05, 0.1) is 11.4 Å². The molecule has 2 amide bonds. The van der Waals surface area contributed by atoms with Crippen molar-refractivity contribution in [3.8, 4) is 5.75 Å². The SMILES string of the molecule is Cc1ccc(F)c(N2C(=O)CS[C@H]2c2ccc(NC(=O)COc3ccccc3)cc2)c1. The summed E-state index contributed by atoms with van der Waals surface area (Å²) in [6, 6.07) is 21.1. The second-order valence-corrected chi connectivity index (χ2v) is 8.22. The molecule has 158 valence electrons. The number of amides is 2. The second-order valence-electron chi connectivity index (χ2n) is 7.15. The van der Waals surface area contributed by atoms with Crippen LogP contribution in [0.15, 0.2) is 72.8 Å². The molecule has 0 aliphatic carbocycles. The van der Waals surface area contributed by atoms with Crippen molar-refractivity contribution in [1.82, 2.24) is 0 Å². The number of thioether (sulfide) groups is 1. The molecular formula is C24H21FN2O3S. The van der Waals surface area contributed by atoms with Crippen LogP contribution in [0.2, 0.25) is 0 Å². The first kappa shape index (κ1) is 20.9. The van der Waals surface area contributed by atoms with Crippen LogP contribution in [0.4, 0.5) is 15.8 Å². The van der Waals surface area contributed by atoms with Crippen LogP contribution in [0.25, 0.3) is 0 Å². The van der Waals surface area contributed by atoms with Gasteiger partial charge in [-0.2, -0.15) is 0 Å². The van der Waals surface area contributed by atoms with Gasteiger partial charge < -0.3 is 10.1 Å². The molecular weight excluding hydrogens is 415 g/mol. The fraction of sp³-hybridized carbons (Fsp3) is 0.167. The smallest absolute Gasteiger partial charge is 0.262 e. The van der Waals surface area contributed by atoms with E-state index in [1.54, 1.807) is 36.4 Å². The number of hydrogen-bond donors (Lipinski definition) is 1. The van der Waals surface area contributed by atoms with Crippen LogP contribution in [0, 0.1) is 12.7 Å². The quantitative estimate of drug-likeness (QED) is 0.595. The predicted octanol–water partition coefficient (Wildman–Crippen LogP) is 4.93. The standard InChI is InChI=1S/C24H21FN2O3S/c1-16-7-12-20(25)21(13-16)27-23(29)15-31-24(27)17-8-10-18(11-9-17)26-22(28)14-30-19-5-3-2-4-6-19/h2-13,24H,14-15H2,1H3,(H,26,28)/t24-/m0/s1. The molecule has 7 heteroatoms. The van der Waals surface area contributed by atoms with E-state index < -0.39 is 5.82 Å². The van der Waals surface area contributed by atoms with Gasteiger partial charge in [-0.25, -0.2) is 4.39 Å². The van der Waals surface area contributed by atoms with Crippen molar-refractivity contribution in [3.05, 3.63) is 89.7 Å². The lowest BCUT2D eigenvalue weighted by molar-refractivity contribution is -0.118. The number of rotatable bonds is 6. The van der Waals surface area contributed by atoms with E-state index in [0.717, 1.165) is 11.1 Å². The Kier molecular flexibility index (Phi) is 6.23. The number of nitrogens with one attached hydrogen (secondary N) is 1. The normalized spacial score (nSPS) is 15.7. The van der Waals surface area contributed by atoms with Crippen LogP contribution in [-0.2, 0) is 9.59 Å². The van der Waals surface area contributed by atoms with Crippen molar-refractivity contribution in [2.45, 2.75) is 12.3 Å². The summed E-state index contributed by atoms with van der Waals surface area (Å²) in [6.45, 7) is 1.77. The Labute approximate surface area is 184 Å². The monoisotopic (exact) mass is 436 g/mol. The molecule has 1 atom stereocenters. The molecule has 1 N–H and O–H groups in total. The third-order valence-electron chi connectivity index (χ3n) is 4.82. The number of nitrogens with zero attached hydrogens (tertiary/aromatic N) is 1. The lowest BCUT2D eigenvalue weighted by Gasteiger charge is -2.25. The first-order valence-corrected chi connectivity index (χ1v) is 10.8. The molecule has 1 aliphatic heterocycles. The topological polar surface area (TPSA) is 58.6 Å². The van der Waals surface area contributed by atoms with Crippen LogP contribution >= 0.6 is 11.8 Å². The van der Waals surface area contributed by atoms with E-state index in [-0.39, 0.29) is 35.2 Å². The van der Waals surface area contributed by atoms with Gasteiger partial charge in [-0.1, -0.05) is 36.4 Å². The van der Waals surface area contributed by atoms with E-state index in [2.05, 4.69) is 5.32 Å². The zero-order valence-electron chi connectivity index (χ0n) is 16.9. The van der Waals surface area contributed by atoms with Gasteiger partial charge in [-0.15, -0.1) is 11.8 Å². The zero-order valence-corrected chi connectivity index (χ0v) is 17.7. The van der Waals surface area contributed by atoms with Crippen molar-refractivity contribution in [2.24, 2.45) is 0 Å². The molecule has 5 nitrogen and oxygen atoms in total. The third-order valence-corrected chi connectivity index (χ3v) is 6.03. The summed E-state index contributed by atoms with van der Waals surface area (Å²) in [5, 5.41) is 2.46. The van der Waals surface area contributed by atoms with Gasteiger partial charge in [0.25, 0.3) is 5.91 Å². The molecule has 3 aromatic carbocycles. The van der Waals surface area contributed by atoms with E-state index in [9.17, 15) is 14.0 Å². The van der Waals surface area contributed by atoms with Crippen molar-refractivity contribution >= 4 is 35.0 Å². The van der Waals surface area contributed by atoms with Gasteiger partial charge in [0.15, 0.2) is 6.61 Å². The van der Waals surface area contributed by atoms with Crippen molar-refractivity contribution in [3.63, 3.8) is 0 Å². The lowest BCUT2D eigenvalue weighted by Crippen LogP contribution is -2.28. The number of para-hydroxylation sites is 1. The maximum atomic E-state index is 14.4. The Hall–Kier alpha value is -3.32. The Morgan fingerprint density at radius 3 is 2.61 bits per heavy atom. The molecule has 3 aromatic rings. The number of anilines is 2. The summed E-state index contributed by atoms with van der Waals surface area (Å²) >= 11 is 1.45. The molecule has 1 saturated heterocycles. The number of carbonyl (C=O) groups excluding carboxylic acids is 2. The summed E-state index contributed by atoms with van der Waals surface area (Å²) in [4.78, 5) is 26.1. The number of hydrogen-bond acceptors (Lipinski definition) is 4. The minimum absolute atomic E-state index is 0.0981. The molecule has 0 aromatic heterocycles. The van der Waals surface area contributed by atoms with E-state index in [0.29, 0.717) is 11.4 Å². The Bertz CT molecular complexity index is 1090. The number of aryl methyl sites for hydroxylation is 1. The van der Waals surface area contributed by atoms with Crippen molar-refractivity contribution < 1.29 is 18.7 Å². The van der Waals surface area contributed by atoms with Gasteiger partial charge in [0.1, 0.15) is 16.9 Å². The molecule has 1 heterocycles. The van der Waals surface area contributed by atoms with E-state index in [1.165, 1.54) is 22.7 Å². The molecule has 0 spiro atoms. The molecule has 4 rings (SSSR count). The summed E-state index contributed by atoms with van der Waals surface area (Å²) in [6.07, 6.45) is 0. The minimum Gasteiger partial charge on any atom is -0.484 e. The van der Waals surface area contributed by atoms with Crippen LogP contribution in [0.3, 0.4) is 0 Å². The molecule has 31 heavy (non-hydrogen) atoms. The number of benzene rings is 3. The average molecular weight is 437 g/mol. The summed E-state index contributed by atoms with van der Waals surface area (Å²) < 4.78 is 19.9. The van der Waals surface area contributed by atoms with Gasteiger partial charge in [-0.3, -0.25) is 14.5 Å². The molecule has 0 radical (unpaired) electrons. The highest BCUT2D eigenvalue weighted by Crippen LogP contribution is 2.42. The molecule has 1 fully saturated rings. The highest BCUT2D eigenvalue weighted by atomic mass is 32.2. The largest absolute Gasteiger partial charge is 0.484 e. The van der Waals surface area contributed by atoms with Crippen molar-refractivity contribution in [2.75, 3.05) is 22.6 Å². The highest BCUT2D eigenvalue weighted by Gasteiger charge is 2.35. The highest BCUT2D eigenvalue weighted by molar-refractivity contribution is 8.00.